The third kappa shape index (κ3) is 4.44. The molecule has 0 saturated heterocycles. The fourth-order valence-electron chi connectivity index (χ4n) is 4.18. The molecule has 3 aromatic rings. The monoisotopic (exact) mass is 455 g/mol. The van der Waals surface area contributed by atoms with Gasteiger partial charge in [0.1, 0.15) is 11.4 Å². The Morgan fingerprint density at radius 1 is 0.912 bits per heavy atom. The van der Waals surface area contributed by atoms with Gasteiger partial charge >= 0.3 is 0 Å². The maximum Gasteiger partial charge on any atom is 0.282 e. The zero-order chi connectivity index (χ0) is 24.2. The fourth-order valence-corrected chi connectivity index (χ4v) is 4.18. The highest BCUT2D eigenvalue weighted by atomic mass is 16.5. The van der Waals surface area contributed by atoms with Crippen LogP contribution in [0.1, 0.15) is 29.2 Å². The van der Waals surface area contributed by atoms with Gasteiger partial charge in [-0.15, -0.1) is 0 Å². The molecule has 6 heteroatoms. The molecular weight excluding hydrogens is 426 g/mol. The van der Waals surface area contributed by atoms with Gasteiger partial charge < -0.3 is 9.64 Å². The molecule has 0 spiro atoms. The smallest absolute Gasteiger partial charge is 0.282 e. The number of aryl methyl sites for hydroxylation is 2. The quantitative estimate of drug-likeness (QED) is 0.466. The van der Waals surface area contributed by atoms with Crippen LogP contribution in [0.25, 0.3) is 5.57 Å². The minimum absolute atomic E-state index is 0.306. The van der Waals surface area contributed by atoms with Crippen LogP contribution >= 0.6 is 0 Å². The Bertz CT molecular complexity index is 1230. The number of carbonyl (C=O) groups excluding carboxylic acids is 2. The molecule has 0 bridgehead atoms. The van der Waals surface area contributed by atoms with Crippen LogP contribution in [0.4, 0.5) is 5.69 Å². The van der Waals surface area contributed by atoms with E-state index >= 15 is 0 Å². The topological polar surface area (TPSA) is 62.7 Å². The van der Waals surface area contributed by atoms with Crippen LogP contribution < -0.4 is 9.64 Å². The lowest BCUT2D eigenvalue weighted by molar-refractivity contribution is -0.120. The number of ether oxygens (including phenoxy) is 1. The number of likely N-dealkylation sites (N-methyl/N-ethyl adjacent to an activating group) is 1. The molecule has 1 aliphatic heterocycles. The first-order chi connectivity index (χ1) is 16.4. The summed E-state index contributed by atoms with van der Waals surface area (Å²) in [6.07, 6.45) is 4.27. The summed E-state index contributed by atoms with van der Waals surface area (Å²) in [7, 11) is 1.58. The van der Waals surface area contributed by atoms with Crippen LogP contribution in [0, 0.1) is 13.8 Å². The van der Waals surface area contributed by atoms with Crippen molar-refractivity contribution < 1.29 is 14.3 Å². The number of aromatic nitrogens is 1. The summed E-state index contributed by atoms with van der Waals surface area (Å²) in [6.45, 7) is 7.27. The van der Waals surface area contributed by atoms with Gasteiger partial charge in [0.25, 0.3) is 11.8 Å². The summed E-state index contributed by atoms with van der Waals surface area (Å²) in [5, 5.41) is 0. The molecule has 2 amide bonds. The Kier molecular flexibility index (Phi) is 6.77. The third-order valence-electron chi connectivity index (χ3n) is 6.30. The molecule has 0 unspecified atom stereocenters. The Morgan fingerprint density at radius 2 is 1.62 bits per heavy atom. The lowest BCUT2D eigenvalue weighted by Gasteiger charge is -2.25. The van der Waals surface area contributed by atoms with Gasteiger partial charge in [0.15, 0.2) is 0 Å². The van der Waals surface area contributed by atoms with E-state index in [-0.39, 0.29) is 11.8 Å². The molecule has 2 aromatic carbocycles. The molecule has 0 N–H and O–H groups in total. The molecule has 34 heavy (non-hydrogen) atoms. The average Bonchev–Trinajstić information content (AvgIpc) is 3.12. The minimum Gasteiger partial charge on any atom is -0.497 e. The van der Waals surface area contributed by atoms with E-state index < -0.39 is 0 Å². The second-order valence-electron chi connectivity index (χ2n) is 8.35. The van der Waals surface area contributed by atoms with Gasteiger partial charge in [-0.2, -0.15) is 0 Å². The number of anilines is 1. The molecule has 4 rings (SSSR count). The van der Waals surface area contributed by atoms with Gasteiger partial charge in [0.2, 0.25) is 0 Å². The Hall–Kier alpha value is -3.93. The normalized spacial score (nSPS) is 13.6. The fraction of sp³-hybridized carbons (Fsp3) is 0.250. The Balaban J connectivity index is 1.77. The summed E-state index contributed by atoms with van der Waals surface area (Å²) in [4.78, 5) is 34.9. The van der Waals surface area contributed by atoms with Gasteiger partial charge in [-0.05, 0) is 85.8 Å². The Morgan fingerprint density at radius 3 is 2.24 bits per heavy atom. The molecule has 1 aromatic heterocycles. The Labute approximate surface area is 200 Å². The SMILES string of the molecule is CCN(CCc1ccncc1)C1=C(c2ccc(C)c(C)c2)C(=O)N(c2ccc(OC)cc2)C1=O. The van der Waals surface area contributed by atoms with Crippen molar-refractivity contribution in [3.63, 3.8) is 0 Å². The van der Waals surface area contributed by atoms with E-state index in [1.807, 2.05) is 56.0 Å². The van der Waals surface area contributed by atoms with E-state index in [1.165, 1.54) is 4.90 Å². The zero-order valence-electron chi connectivity index (χ0n) is 20.0. The predicted octanol–water partition coefficient (Wildman–Crippen LogP) is 4.56. The zero-order valence-corrected chi connectivity index (χ0v) is 20.0. The van der Waals surface area contributed by atoms with Gasteiger partial charge in [0.05, 0.1) is 18.4 Å². The standard InChI is InChI=1S/C28H29N3O3/c1-5-30(17-14-21-12-15-29-16-13-21)26-25(22-7-6-19(2)20(3)18-22)27(32)31(28(26)33)23-8-10-24(34-4)11-9-23/h6-13,15-16,18H,5,14,17H2,1-4H3. The average molecular weight is 456 g/mol. The third-order valence-corrected chi connectivity index (χ3v) is 6.30. The van der Waals surface area contributed by atoms with Crippen LogP contribution in [0.15, 0.2) is 72.7 Å². The van der Waals surface area contributed by atoms with E-state index in [4.69, 9.17) is 4.74 Å². The van der Waals surface area contributed by atoms with Crippen molar-refractivity contribution in [1.82, 2.24) is 9.88 Å². The summed E-state index contributed by atoms with van der Waals surface area (Å²) >= 11 is 0. The van der Waals surface area contributed by atoms with E-state index in [0.29, 0.717) is 35.8 Å². The van der Waals surface area contributed by atoms with Crippen LogP contribution in [0.5, 0.6) is 5.75 Å². The second-order valence-corrected chi connectivity index (χ2v) is 8.35. The number of methoxy groups -OCH3 is 1. The number of amides is 2. The van der Waals surface area contributed by atoms with E-state index in [9.17, 15) is 9.59 Å². The van der Waals surface area contributed by atoms with Crippen molar-refractivity contribution in [3.8, 4) is 5.75 Å². The highest BCUT2D eigenvalue weighted by Gasteiger charge is 2.42. The number of imide groups is 1. The summed E-state index contributed by atoms with van der Waals surface area (Å²) < 4.78 is 5.24. The molecule has 174 valence electrons. The first-order valence-corrected chi connectivity index (χ1v) is 11.4. The van der Waals surface area contributed by atoms with Crippen molar-refractivity contribution >= 4 is 23.1 Å². The van der Waals surface area contributed by atoms with Gasteiger partial charge in [-0.25, -0.2) is 4.90 Å². The van der Waals surface area contributed by atoms with Gasteiger partial charge in [-0.3, -0.25) is 14.6 Å². The van der Waals surface area contributed by atoms with Crippen molar-refractivity contribution in [2.75, 3.05) is 25.1 Å². The molecular formula is C28H29N3O3. The highest BCUT2D eigenvalue weighted by molar-refractivity contribution is 6.45. The molecule has 1 aliphatic rings. The summed E-state index contributed by atoms with van der Waals surface area (Å²) in [6, 6.07) is 16.8. The number of carbonyl (C=O) groups is 2. The predicted molar refractivity (Wildman–Crippen MR) is 134 cm³/mol. The molecule has 0 radical (unpaired) electrons. The molecule has 0 saturated carbocycles. The van der Waals surface area contributed by atoms with Crippen molar-refractivity contribution in [2.24, 2.45) is 0 Å². The van der Waals surface area contributed by atoms with Crippen LogP contribution in [-0.4, -0.2) is 41.9 Å². The molecule has 0 atom stereocenters. The first-order valence-electron chi connectivity index (χ1n) is 11.4. The van der Waals surface area contributed by atoms with Gasteiger partial charge in [-0.1, -0.05) is 18.2 Å². The number of benzene rings is 2. The van der Waals surface area contributed by atoms with E-state index in [0.717, 1.165) is 28.7 Å². The number of rotatable bonds is 8. The second kappa shape index (κ2) is 9.91. The number of nitrogens with zero attached hydrogens (tertiary/aromatic N) is 3. The number of hydrogen-bond donors (Lipinski definition) is 0. The molecule has 0 aliphatic carbocycles. The number of hydrogen-bond acceptors (Lipinski definition) is 5. The van der Waals surface area contributed by atoms with Gasteiger partial charge in [0, 0.05) is 25.5 Å². The van der Waals surface area contributed by atoms with Crippen molar-refractivity contribution in [3.05, 3.63) is 94.9 Å². The molecule has 0 fully saturated rings. The largest absolute Gasteiger partial charge is 0.497 e. The van der Waals surface area contributed by atoms with Crippen LogP contribution in [0.3, 0.4) is 0 Å². The molecule has 6 nitrogen and oxygen atoms in total. The van der Waals surface area contributed by atoms with E-state index in [2.05, 4.69) is 4.98 Å². The van der Waals surface area contributed by atoms with Crippen molar-refractivity contribution in [1.29, 1.82) is 0 Å². The minimum atomic E-state index is -0.309. The first kappa shape index (κ1) is 23.2. The lowest BCUT2D eigenvalue weighted by Crippen LogP contribution is -2.36. The summed E-state index contributed by atoms with van der Waals surface area (Å²) in [5.41, 5.74) is 5.52. The maximum atomic E-state index is 13.8. The number of pyridine rings is 1. The van der Waals surface area contributed by atoms with Crippen molar-refractivity contribution in [2.45, 2.75) is 27.2 Å². The molecule has 2 heterocycles. The summed E-state index contributed by atoms with van der Waals surface area (Å²) in [5.74, 6) is 0.0497. The van der Waals surface area contributed by atoms with Crippen LogP contribution in [-0.2, 0) is 16.0 Å². The van der Waals surface area contributed by atoms with Crippen LogP contribution in [0.2, 0.25) is 0 Å². The lowest BCUT2D eigenvalue weighted by atomic mass is 9.99. The highest BCUT2D eigenvalue weighted by Crippen LogP contribution is 2.36. The maximum absolute atomic E-state index is 13.8. The van der Waals surface area contributed by atoms with E-state index in [1.54, 1.807) is 43.8 Å².